The molecule has 2 rings (SSSR count). The molecule has 8 heteroatoms. The molecule has 2 heterocycles. The van der Waals surface area contributed by atoms with E-state index in [1.165, 1.54) is 0 Å². The molecule has 0 radical (unpaired) electrons. The summed E-state index contributed by atoms with van der Waals surface area (Å²) in [6.07, 6.45) is -1.14. The van der Waals surface area contributed by atoms with Gasteiger partial charge in [-0.1, -0.05) is 0 Å². The van der Waals surface area contributed by atoms with Crippen LogP contribution in [0.4, 0.5) is 5.82 Å². The van der Waals surface area contributed by atoms with Crippen LogP contribution in [0.1, 0.15) is 12.6 Å². The lowest BCUT2D eigenvalue weighted by Crippen LogP contribution is -2.28. The Labute approximate surface area is 95.9 Å². The average molecular weight is 243 g/mol. The first-order valence-corrected chi connectivity index (χ1v) is 5.05. The molecule has 1 aromatic rings. The Kier molecular flexibility index (Phi) is 3.01. The number of rotatable bonds is 2. The SMILES string of the molecule is Nc1nc(=O)n([C@H]2C[C@H](O)[C@@H](CO)O2)cc1O. The fourth-order valence-electron chi connectivity index (χ4n) is 1.73. The van der Waals surface area contributed by atoms with E-state index in [9.17, 15) is 15.0 Å². The van der Waals surface area contributed by atoms with Crippen LogP contribution in [0.5, 0.6) is 5.75 Å². The van der Waals surface area contributed by atoms with Crippen LogP contribution in [0.25, 0.3) is 0 Å². The number of aliphatic hydroxyl groups is 2. The average Bonchev–Trinajstić information content (AvgIpc) is 2.65. The second kappa shape index (κ2) is 4.32. The van der Waals surface area contributed by atoms with E-state index in [0.29, 0.717) is 0 Å². The number of anilines is 1. The number of ether oxygens (including phenoxy) is 1. The summed E-state index contributed by atoms with van der Waals surface area (Å²) >= 11 is 0. The van der Waals surface area contributed by atoms with Crippen molar-refractivity contribution in [3.05, 3.63) is 16.7 Å². The van der Waals surface area contributed by atoms with Gasteiger partial charge in [0.25, 0.3) is 0 Å². The van der Waals surface area contributed by atoms with E-state index in [1.54, 1.807) is 0 Å². The monoisotopic (exact) mass is 243 g/mol. The van der Waals surface area contributed by atoms with Crippen molar-refractivity contribution < 1.29 is 20.1 Å². The standard InChI is InChI=1S/C9H13N3O5/c10-8-5(15)2-12(9(16)11-8)7-1-4(14)6(3-13)17-7/h2,4,6-7,13-15H,1,3H2,(H2,10,11,16)/t4-,6+,7+/m0/s1. The number of aromatic hydroxyl groups is 1. The van der Waals surface area contributed by atoms with Gasteiger partial charge in [0.2, 0.25) is 0 Å². The van der Waals surface area contributed by atoms with Crippen LogP contribution >= 0.6 is 0 Å². The molecule has 5 N–H and O–H groups in total. The third-order valence-electron chi connectivity index (χ3n) is 2.66. The van der Waals surface area contributed by atoms with Gasteiger partial charge in [-0.2, -0.15) is 4.98 Å². The normalized spacial score (nSPS) is 28.5. The highest BCUT2D eigenvalue weighted by Gasteiger charge is 2.35. The van der Waals surface area contributed by atoms with Crippen molar-refractivity contribution in [1.82, 2.24) is 9.55 Å². The van der Waals surface area contributed by atoms with E-state index in [4.69, 9.17) is 15.6 Å². The molecule has 8 nitrogen and oxygen atoms in total. The minimum Gasteiger partial charge on any atom is -0.503 e. The number of nitrogens with two attached hydrogens (primary N) is 1. The first-order valence-electron chi connectivity index (χ1n) is 5.05. The molecule has 0 aromatic carbocycles. The lowest BCUT2D eigenvalue weighted by Gasteiger charge is -2.14. The Morgan fingerprint density at radius 3 is 2.94 bits per heavy atom. The van der Waals surface area contributed by atoms with Gasteiger partial charge in [-0.3, -0.25) is 4.57 Å². The number of nitrogens with zero attached hydrogens (tertiary/aromatic N) is 2. The van der Waals surface area contributed by atoms with Crippen molar-refractivity contribution in [2.45, 2.75) is 24.9 Å². The first kappa shape index (κ1) is 11.8. The van der Waals surface area contributed by atoms with E-state index in [-0.39, 0.29) is 24.6 Å². The third kappa shape index (κ3) is 2.09. The van der Waals surface area contributed by atoms with Gasteiger partial charge in [0, 0.05) is 6.42 Å². The molecule has 1 aliphatic heterocycles. The minimum absolute atomic E-state index is 0.135. The fourth-order valence-corrected chi connectivity index (χ4v) is 1.73. The lowest BCUT2D eigenvalue weighted by molar-refractivity contribution is -0.0460. The number of hydrogen-bond acceptors (Lipinski definition) is 7. The van der Waals surface area contributed by atoms with Gasteiger partial charge in [-0.05, 0) is 0 Å². The maximum absolute atomic E-state index is 11.5. The molecule has 1 aliphatic rings. The van der Waals surface area contributed by atoms with Gasteiger partial charge in [0.1, 0.15) is 12.3 Å². The molecule has 3 atom stereocenters. The van der Waals surface area contributed by atoms with Gasteiger partial charge < -0.3 is 25.8 Å². The first-order chi connectivity index (χ1) is 8.02. The predicted molar refractivity (Wildman–Crippen MR) is 56.2 cm³/mol. The smallest absolute Gasteiger partial charge is 0.351 e. The molecule has 0 aliphatic carbocycles. The number of aliphatic hydroxyl groups excluding tert-OH is 2. The molecule has 0 spiro atoms. The topological polar surface area (TPSA) is 131 Å². The van der Waals surface area contributed by atoms with Crippen molar-refractivity contribution in [2.24, 2.45) is 0 Å². The maximum Gasteiger partial charge on any atom is 0.351 e. The van der Waals surface area contributed by atoms with Crippen molar-refractivity contribution >= 4 is 5.82 Å². The molecule has 1 fully saturated rings. The zero-order valence-electron chi connectivity index (χ0n) is 8.85. The van der Waals surface area contributed by atoms with Crippen LogP contribution in [0.2, 0.25) is 0 Å². The largest absolute Gasteiger partial charge is 0.503 e. The van der Waals surface area contributed by atoms with Gasteiger partial charge in [0.05, 0.1) is 18.9 Å². The number of nitrogen functional groups attached to an aromatic ring is 1. The fraction of sp³-hybridized carbons (Fsp3) is 0.556. The van der Waals surface area contributed by atoms with Crippen molar-refractivity contribution in [3.8, 4) is 5.75 Å². The Morgan fingerprint density at radius 1 is 1.65 bits per heavy atom. The highest BCUT2D eigenvalue weighted by Crippen LogP contribution is 2.28. The van der Waals surface area contributed by atoms with Crippen LogP contribution in [0, 0.1) is 0 Å². The van der Waals surface area contributed by atoms with Gasteiger partial charge >= 0.3 is 5.69 Å². The molecule has 94 valence electrons. The molecule has 0 amide bonds. The Hall–Kier alpha value is -1.64. The summed E-state index contributed by atoms with van der Waals surface area (Å²) in [6.45, 7) is -0.346. The van der Waals surface area contributed by atoms with Gasteiger partial charge in [0.15, 0.2) is 11.6 Å². The summed E-state index contributed by atoms with van der Waals surface area (Å²) in [5.41, 5.74) is 4.58. The second-order valence-corrected chi connectivity index (χ2v) is 3.82. The highest BCUT2D eigenvalue weighted by atomic mass is 16.5. The van der Waals surface area contributed by atoms with Crippen molar-refractivity contribution in [1.29, 1.82) is 0 Å². The summed E-state index contributed by atoms with van der Waals surface area (Å²) in [6, 6.07) is 0. The molecule has 1 saturated heterocycles. The van der Waals surface area contributed by atoms with E-state index < -0.39 is 24.1 Å². The zero-order valence-corrected chi connectivity index (χ0v) is 8.85. The summed E-state index contributed by atoms with van der Waals surface area (Å²) in [7, 11) is 0. The number of hydrogen-bond donors (Lipinski definition) is 4. The van der Waals surface area contributed by atoms with Crippen LogP contribution < -0.4 is 11.4 Å². The van der Waals surface area contributed by atoms with Crippen LogP contribution in [0.15, 0.2) is 11.0 Å². The van der Waals surface area contributed by atoms with E-state index in [0.717, 1.165) is 10.8 Å². The summed E-state index contributed by atoms with van der Waals surface area (Å²) in [5.74, 6) is -0.598. The van der Waals surface area contributed by atoms with Gasteiger partial charge in [-0.25, -0.2) is 4.79 Å². The second-order valence-electron chi connectivity index (χ2n) is 3.82. The maximum atomic E-state index is 11.5. The van der Waals surface area contributed by atoms with E-state index in [1.807, 2.05) is 0 Å². The Bertz CT molecular complexity index is 474. The Morgan fingerprint density at radius 2 is 2.35 bits per heavy atom. The zero-order chi connectivity index (χ0) is 12.6. The lowest BCUT2D eigenvalue weighted by atomic mass is 10.2. The molecular formula is C9H13N3O5. The molecule has 0 unspecified atom stereocenters. The van der Waals surface area contributed by atoms with E-state index >= 15 is 0 Å². The summed E-state index contributed by atoms with van der Waals surface area (Å²) < 4.78 is 6.29. The molecular weight excluding hydrogens is 230 g/mol. The predicted octanol–water partition coefficient (Wildman–Crippen LogP) is -1.83. The van der Waals surface area contributed by atoms with E-state index in [2.05, 4.69) is 4.98 Å². The van der Waals surface area contributed by atoms with Gasteiger partial charge in [-0.15, -0.1) is 0 Å². The number of aromatic nitrogens is 2. The molecule has 0 saturated carbocycles. The minimum atomic E-state index is -0.864. The van der Waals surface area contributed by atoms with Crippen molar-refractivity contribution in [3.63, 3.8) is 0 Å². The van der Waals surface area contributed by atoms with Crippen molar-refractivity contribution in [2.75, 3.05) is 12.3 Å². The highest BCUT2D eigenvalue weighted by molar-refractivity contribution is 5.41. The van der Waals surface area contributed by atoms with Crippen LogP contribution in [-0.2, 0) is 4.74 Å². The molecule has 17 heavy (non-hydrogen) atoms. The summed E-state index contributed by atoms with van der Waals surface area (Å²) in [5, 5.41) is 27.8. The summed E-state index contributed by atoms with van der Waals surface area (Å²) in [4.78, 5) is 14.9. The van der Waals surface area contributed by atoms with Crippen LogP contribution in [-0.4, -0.2) is 43.7 Å². The molecule has 0 bridgehead atoms. The third-order valence-corrected chi connectivity index (χ3v) is 2.66. The Balaban J connectivity index is 2.30. The van der Waals surface area contributed by atoms with Crippen LogP contribution in [0.3, 0.4) is 0 Å². The quantitative estimate of drug-likeness (QED) is 0.480. The molecule has 1 aromatic heterocycles.